The maximum atomic E-state index is 13.2. The number of carbonyl (C=O) groups excluding carboxylic acids is 1. The first kappa shape index (κ1) is 15.2. The fraction of sp³-hybridized carbons (Fsp3) is 0.222. The first-order valence-corrected chi connectivity index (χ1v) is 7.67. The Morgan fingerprint density at radius 1 is 1.22 bits per heavy atom. The quantitative estimate of drug-likeness (QED) is 0.779. The van der Waals surface area contributed by atoms with E-state index in [2.05, 4.69) is 17.2 Å². The van der Waals surface area contributed by atoms with E-state index in [9.17, 15) is 9.18 Å². The Morgan fingerprint density at radius 3 is 2.83 bits per heavy atom. The van der Waals surface area contributed by atoms with Crippen LogP contribution in [-0.4, -0.2) is 15.5 Å². The Labute approximate surface area is 134 Å². The van der Waals surface area contributed by atoms with E-state index in [1.165, 1.54) is 12.1 Å². The summed E-state index contributed by atoms with van der Waals surface area (Å²) < 4.78 is 15.2. The third-order valence-electron chi connectivity index (χ3n) is 3.61. The van der Waals surface area contributed by atoms with Crippen LogP contribution in [0.15, 0.2) is 48.5 Å². The Hall–Kier alpha value is -2.69. The van der Waals surface area contributed by atoms with Gasteiger partial charge in [-0.05, 0) is 36.2 Å². The van der Waals surface area contributed by atoms with E-state index in [0.717, 1.165) is 24.0 Å². The summed E-state index contributed by atoms with van der Waals surface area (Å²) in [6.45, 7) is 2.85. The summed E-state index contributed by atoms with van der Waals surface area (Å²) in [5.74, 6) is -0.00812. The van der Waals surface area contributed by atoms with Crippen LogP contribution in [-0.2, 0) is 17.8 Å². The van der Waals surface area contributed by atoms with Gasteiger partial charge in [-0.15, -0.1) is 0 Å². The minimum atomic E-state index is -0.339. The minimum Gasteiger partial charge on any atom is -0.310 e. The number of hydrogen-bond donors (Lipinski definition) is 1. The molecule has 0 atom stereocenters. The predicted octanol–water partition coefficient (Wildman–Crippen LogP) is 3.77. The van der Waals surface area contributed by atoms with Crippen LogP contribution in [0.1, 0.15) is 18.9 Å². The van der Waals surface area contributed by atoms with Crippen molar-refractivity contribution >= 4 is 22.9 Å². The Balaban J connectivity index is 1.83. The van der Waals surface area contributed by atoms with Gasteiger partial charge in [0.1, 0.15) is 5.82 Å². The SMILES string of the molecule is CCCn1c(NC(=O)Cc2cccc(F)c2)nc2ccccc21. The standard InChI is InChI=1S/C18H18FN3O/c1-2-10-22-16-9-4-3-8-15(16)20-18(22)21-17(23)12-13-6-5-7-14(19)11-13/h3-9,11H,2,10,12H2,1H3,(H,20,21,23). The van der Waals surface area contributed by atoms with Crippen molar-refractivity contribution in [2.45, 2.75) is 26.3 Å². The molecule has 4 nitrogen and oxygen atoms in total. The Morgan fingerprint density at radius 2 is 2.04 bits per heavy atom. The number of nitrogens with one attached hydrogen (secondary N) is 1. The van der Waals surface area contributed by atoms with Gasteiger partial charge in [0.15, 0.2) is 0 Å². The van der Waals surface area contributed by atoms with Crippen molar-refractivity contribution in [2.75, 3.05) is 5.32 Å². The molecule has 1 heterocycles. The number of anilines is 1. The van der Waals surface area contributed by atoms with Crippen molar-refractivity contribution in [3.05, 3.63) is 59.9 Å². The van der Waals surface area contributed by atoms with Crippen LogP contribution in [0.25, 0.3) is 11.0 Å². The molecule has 0 aliphatic carbocycles. The van der Waals surface area contributed by atoms with Crippen LogP contribution >= 0.6 is 0 Å². The van der Waals surface area contributed by atoms with Crippen molar-refractivity contribution in [3.63, 3.8) is 0 Å². The monoisotopic (exact) mass is 311 g/mol. The molecule has 1 amide bonds. The first-order valence-electron chi connectivity index (χ1n) is 7.67. The molecule has 3 aromatic rings. The largest absolute Gasteiger partial charge is 0.310 e. The average Bonchev–Trinajstić information content (AvgIpc) is 2.85. The number of fused-ring (bicyclic) bond motifs is 1. The number of benzene rings is 2. The minimum absolute atomic E-state index is 0.118. The maximum Gasteiger partial charge on any atom is 0.231 e. The second-order valence-electron chi connectivity index (χ2n) is 5.43. The van der Waals surface area contributed by atoms with Crippen molar-refractivity contribution in [3.8, 4) is 0 Å². The number of aryl methyl sites for hydroxylation is 1. The number of nitrogens with zero attached hydrogens (tertiary/aromatic N) is 2. The third-order valence-corrected chi connectivity index (χ3v) is 3.61. The van der Waals surface area contributed by atoms with E-state index in [4.69, 9.17) is 0 Å². The number of halogens is 1. The summed E-state index contributed by atoms with van der Waals surface area (Å²) in [4.78, 5) is 16.7. The second-order valence-corrected chi connectivity index (χ2v) is 5.43. The van der Waals surface area contributed by atoms with Gasteiger partial charge < -0.3 is 4.57 Å². The molecule has 5 heteroatoms. The normalized spacial score (nSPS) is 10.9. The predicted molar refractivity (Wildman–Crippen MR) is 88.8 cm³/mol. The topological polar surface area (TPSA) is 46.9 Å². The lowest BCUT2D eigenvalue weighted by atomic mass is 10.1. The van der Waals surface area contributed by atoms with E-state index in [0.29, 0.717) is 11.5 Å². The molecule has 0 aliphatic rings. The Bertz CT molecular complexity index is 841. The fourth-order valence-corrected chi connectivity index (χ4v) is 2.62. The van der Waals surface area contributed by atoms with E-state index in [1.54, 1.807) is 12.1 Å². The zero-order chi connectivity index (χ0) is 16.2. The van der Waals surface area contributed by atoms with E-state index in [-0.39, 0.29) is 18.1 Å². The number of aromatic nitrogens is 2. The van der Waals surface area contributed by atoms with Gasteiger partial charge in [-0.25, -0.2) is 9.37 Å². The van der Waals surface area contributed by atoms with E-state index < -0.39 is 0 Å². The summed E-state index contributed by atoms with van der Waals surface area (Å²) in [6.07, 6.45) is 1.06. The molecule has 0 radical (unpaired) electrons. The van der Waals surface area contributed by atoms with Crippen molar-refractivity contribution in [1.29, 1.82) is 0 Å². The number of amides is 1. The van der Waals surface area contributed by atoms with Crippen LogP contribution in [0.2, 0.25) is 0 Å². The van der Waals surface area contributed by atoms with E-state index >= 15 is 0 Å². The van der Waals surface area contributed by atoms with Crippen molar-refractivity contribution in [2.24, 2.45) is 0 Å². The molecule has 0 saturated carbocycles. The molecule has 23 heavy (non-hydrogen) atoms. The number of imidazole rings is 1. The molecule has 118 valence electrons. The lowest BCUT2D eigenvalue weighted by molar-refractivity contribution is -0.115. The zero-order valence-corrected chi connectivity index (χ0v) is 12.9. The van der Waals surface area contributed by atoms with Crippen LogP contribution in [0.4, 0.5) is 10.3 Å². The number of carbonyl (C=O) groups is 1. The molecule has 0 aliphatic heterocycles. The highest BCUT2D eigenvalue weighted by molar-refractivity contribution is 5.92. The van der Waals surface area contributed by atoms with Gasteiger partial charge >= 0.3 is 0 Å². The zero-order valence-electron chi connectivity index (χ0n) is 12.9. The van der Waals surface area contributed by atoms with Gasteiger partial charge in [0.05, 0.1) is 17.5 Å². The van der Waals surface area contributed by atoms with Crippen LogP contribution in [0.5, 0.6) is 0 Å². The molecule has 0 fully saturated rings. The van der Waals surface area contributed by atoms with Gasteiger partial charge in [-0.1, -0.05) is 31.2 Å². The number of hydrogen-bond acceptors (Lipinski definition) is 2. The molecular formula is C18H18FN3O. The van der Waals surface area contributed by atoms with Crippen LogP contribution < -0.4 is 5.32 Å². The molecule has 0 unspecified atom stereocenters. The van der Waals surface area contributed by atoms with Crippen molar-refractivity contribution in [1.82, 2.24) is 9.55 Å². The third kappa shape index (κ3) is 3.39. The smallest absolute Gasteiger partial charge is 0.231 e. The molecule has 0 bridgehead atoms. The summed E-state index contributed by atoms with van der Waals surface area (Å²) in [6, 6.07) is 13.8. The molecular weight excluding hydrogens is 293 g/mol. The number of rotatable bonds is 5. The molecule has 3 rings (SSSR count). The fourth-order valence-electron chi connectivity index (χ4n) is 2.62. The van der Waals surface area contributed by atoms with E-state index in [1.807, 2.05) is 28.8 Å². The van der Waals surface area contributed by atoms with Gasteiger partial charge in [0.2, 0.25) is 11.9 Å². The average molecular weight is 311 g/mol. The molecule has 1 N–H and O–H groups in total. The van der Waals surface area contributed by atoms with Crippen LogP contribution in [0, 0.1) is 5.82 Å². The number of para-hydroxylation sites is 2. The molecule has 0 saturated heterocycles. The van der Waals surface area contributed by atoms with Gasteiger partial charge in [-0.3, -0.25) is 10.1 Å². The highest BCUT2D eigenvalue weighted by atomic mass is 19.1. The molecule has 1 aromatic heterocycles. The van der Waals surface area contributed by atoms with Crippen molar-refractivity contribution < 1.29 is 9.18 Å². The highest BCUT2D eigenvalue weighted by Gasteiger charge is 2.13. The maximum absolute atomic E-state index is 13.2. The summed E-state index contributed by atoms with van der Waals surface area (Å²) >= 11 is 0. The summed E-state index contributed by atoms with van der Waals surface area (Å²) in [5.41, 5.74) is 2.48. The second kappa shape index (κ2) is 6.60. The van der Waals surface area contributed by atoms with Gasteiger partial charge in [0, 0.05) is 6.54 Å². The van der Waals surface area contributed by atoms with Gasteiger partial charge in [-0.2, -0.15) is 0 Å². The Kier molecular flexibility index (Phi) is 4.37. The first-order chi connectivity index (χ1) is 11.2. The molecule has 2 aromatic carbocycles. The summed E-state index contributed by atoms with van der Waals surface area (Å²) in [7, 11) is 0. The van der Waals surface area contributed by atoms with Crippen LogP contribution in [0.3, 0.4) is 0 Å². The van der Waals surface area contributed by atoms with Gasteiger partial charge in [0.25, 0.3) is 0 Å². The molecule has 0 spiro atoms. The lowest BCUT2D eigenvalue weighted by Gasteiger charge is -2.09. The summed E-state index contributed by atoms with van der Waals surface area (Å²) in [5, 5.41) is 2.84. The highest BCUT2D eigenvalue weighted by Crippen LogP contribution is 2.20. The lowest BCUT2D eigenvalue weighted by Crippen LogP contribution is -2.18.